The van der Waals surface area contributed by atoms with Gasteiger partial charge in [-0.15, -0.1) is 5.53 Å². The molecule has 0 N–H and O–H groups in total. The number of carbonyl (C=O) groups excluding carboxylic acids is 1. The van der Waals surface area contributed by atoms with Crippen LogP contribution in [-0.4, -0.2) is 6.08 Å². The molecule has 0 aromatic carbocycles. The van der Waals surface area contributed by atoms with Crippen molar-refractivity contribution < 1.29 is 4.79 Å². The Bertz CT molecular complexity index is 99.5. The van der Waals surface area contributed by atoms with E-state index in [-0.39, 0.29) is 0 Å². The van der Waals surface area contributed by atoms with E-state index in [1.165, 1.54) is 0 Å². The van der Waals surface area contributed by atoms with E-state index in [9.17, 15) is 0 Å². The van der Waals surface area contributed by atoms with Crippen LogP contribution in [0.3, 0.4) is 0 Å². The molecule has 0 heterocycles. The quantitative estimate of drug-likeness (QED) is 0.114. The summed E-state index contributed by atoms with van der Waals surface area (Å²) in [7, 11) is 0. The minimum Gasteiger partial charge on any atom is -0.181 e. The Balaban J connectivity index is 3.64. The van der Waals surface area contributed by atoms with Crippen molar-refractivity contribution in [2.24, 2.45) is 10.3 Å². The molecule has 30 valence electrons. The molecule has 0 rings (SSSR count). The van der Waals surface area contributed by atoms with Crippen LogP contribution in [0.4, 0.5) is 0 Å². The Morgan fingerprint density at radius 3 is 2.67 bits per heavy atom. The van der Waals surface area contributed by atoms with Gasteiger partial charge in [-0.25, -0.2) is 0 Å². The third kappa shape index (κ3) is 2.69. The molecule has 0 amide bonds. The second-order valence-electron chi connectivity index (χ2n) is 0.370. The van der Waals surface area contributed by atoms with E-state index in [4.69, 9.17) is 10.3 Å². The summed E-state index contributed by atoms with van der Waals surface area (Å²) in [6, 6.07) is 0. The Labute approximate surface area is 32.9 Å². The van der Waals surface area contributed by atoms with E-state index in [1.807, 2.05) is 0 Å². The molecular weight excluding hydrogens is 84.0 g/mol. The van der Waals surface area contributed by atoms with Gasteiger partial charge in [0.25, 0.3) is 0 Å². The molecule has 0 atom stereocenters. The summed E-state index contributed by atoms with van der Waals surface area (Å²) in [4.78, 5) is 11.1. The molecule has 0 aliphatic rings. The Hall–Kier alpha value is -1.31. The molecule has 5 nitrogen and oxygen atoms in total. The van der Waals surface area contributed by atoms with Crippen molar-refractivity contribution in [2.75, 3.05) is 0 Å². The van der Waals surface area contributed by atoms with E-state index >= 15 is 0 Å². The highest BCUT2D eigenvalue weighted by Gasteiger charge is 1.53. The third-order valence-electron chi connectivity index (χ3n) is 0.126. The molecule has 0 saturated carbocycles. The molecule has 0 aromatic rings. The van der Waals surface area contributed by atoms with E-state index in [1.54, 1.807) is 0 Å². The lowest BCUT2D eigenvalue weighted by Crippen LogP contribution is -1.37. The molecule has 0 unspecified atom stereocenters. The van der Waals surface area contributed by atoms with Crippen molar-refractivity contribution in [1.82, 2.24) is 0 Å². The van der Waals surface area contributed by atoms with Crippen LogP contribution < -0.4 is 0 Å². The van der Waals surface area contributed by atoms with Gasteiger partial charge in [-0.2, -0.15) is 9.71 Å². The van der Waals surface area contributed by atoms with Crippen molar-refractivity contribution in [3.05, 3.63) is 10.4 Å². The maximum atomic E-state index is 9.01. The molecule has 0 spiro atoms. The van der Waals surface area contributed by atoms with Crippen molar-refractivity contribution in [3.63, 3.8) is 0 Å². The fourth-order valence-electron chi connectivity index (χ4n) is 0.0383. The van der Waals surface area contributed by atoms with Crippen LogP contribution in [0.1, 0.15) is 0 Å². The van der Waals surface area contributed by atoms with Gasteiger partial charge >= 0.3 is 6.08 Å². The summed E-state index contributed by atoms with van der Waals surface area (Å²) in [6.07, 6.45) is 1.02. The number of rotatable bonds is 1. The van der Waals surface area contributed by atoms with Crippen LogP contribution in [0, 0.1) is 0 Å². The number of hydrogen-bond donors (Lipinski definition) is 0. The molecule has 0 aliphatic heterocycles. The van der Waals surface area contributed by atoms with Crippen LogP contribution >= 0.6 is 0 Å². The monoisotopic (exact) mass is 84.0 g/mol. The van der Waals surface area contributed by atoms with Crippen molar-refractivity contribution in [2.45, 2.75) is 0 Å². The molecule has 0 radical (unpaired) electrons. The molecule has 6 heavy (non-hydrogen) atoms. The molecule has 0 bridgehead atoms. The first kappa shape index (κ1) is 4.69. The van der Waals surface area contributed by atoms with Gasteiger partial charge in [0, 0.05) is 5.22 Å². The van der Waals surface area contributed by atoms with Gasteiger partial charge in [0.05, 0.1) is 5.10 Å². The number of nitrogens with zero attached hydrogens (tertiary/aromatic N) is 4. The second-order valence-corrected chi connectivity index (χ2v) is 0.370. The topological polar surface area (TPSA) is 78.2 Å². The maximum Gasteiger partial charge on any atom is 0.376 e. The van der Waals surface area contributed by atoms with Gasteiger partial charge in [-0.3, -0.25) is 0 Å². The normalized spacial score (nSPS) is 4.67. The zero-order valence-corrected chi connectivity index (χ0v) is 2.70. The average molecular weight is 84.0 g/mol. The lowest BCUT2D eigenvalue weighted by molar-refractivity contribution is 0.563. The largest absolute Gasteiger partial charge is 0.376 e. The predicted octanol–water partition coefficient (Wildman–Crippen LogP) is 0.547. The lowest BCUT2D eigenvalue weighted by Gasteiger charge is -1.42. The van der Waals surface area contributed by atoms with Gasteiger partial charge in [-0.1, -0.05) is 0 Å². The van der Waals surface area contributed by atoms with Crippen LogP contribution in [0.25, 0.3) is 10.4 Å². The first-order valence-electron chi connectivity index (χ1n) is 1.03. The Morgan fingerprint density at radius 2 is 2.50 bits per heavy atom. The summed E-state index contributed by atoms with van der Waals surface area (Å²) >= 11 is 0. The standard InChI is InChI=1S/CN4O/c2-4-5-3-1-6. The zero-order chi connectivity index (χ0) is 4.83. The van der Waals surface area contributed by atoms with Gasteiger partial charge in [-0.05, 0) is 0 Å². The number of hydrogen-bond acceptors (Lipinski definition) is 2. The molecule has 0 aliphatic carbocycles. The van der Waals surface area contributed by atoms with E-state index in [0.717, 1.165) is 6.08 Å². The van der Waals surface area contributed by atoms with Crippen LogP contribution in [-0.2, 0) is 4.79 Å². The zero-order valence-electron chi connectivity index (χ0n) is 2.70. The first-order valence-corrected chi connectivity index (χ1v) is 1.03. The van der Waals surface area contributed by atoms with E-state index in [0.29, 0.717) is 0 Å². The average Bonchev–Trinajstić information content (AvgIpc) is 1.61. The van der Waals surface area contributed by atoms with E-state index in [2.05, 4.69) is 15.2 Å². The smallest absolute Gasteiger partial charge is 0.181 e. The van der Waals surface area contributed by atoms with Crippen LogP contribution in [0.2, 0.25) is 0 Å². The summed E-state index contributed by atoms with van der Waals surface area (Å²) in [6.45, 7) is 0. The van der Waals surface area contributed by atoms with Gasteiger partial charge in [0.1, 0.15) is 0 Å². The van der Waals surface area contributed by atoms with Crippen molar-refractivity contribution >= 4 is 6.08 Å². The minimum absolute atomic E-state index is 1.02. The summed E-state index contributed by atoms with van der Waals surface area (Å²) in [5.74, 6) is 0. The lowest BCUT2D eigenvalue weighted by atomic mass is 11.6. The van der Waals surface area contributed by atoms with Crippen molar-refractivity contribution in [1.29, 1.82) is 0 Å². The Kier molecular flexibility index (Phi) is 2.88. The first-order chi connectivity index (χ1) is 2.91. The molecule has 0 saturated heterocycles. The van der Waals surface area contributed by atoms with Crippen LogP contribution in [0.15, 0.2) is 10.3 Å². The number of azide groups is 1. The summed E-state index contributed by atoms with van der Waals surface area (Å²) in [5, 5.41) is 4.97. The molecule has 5 heteroatoms. The van der Waals surface area contributed by atoms with Gasteiger partial charge in [0.2, 0.25) is 0 Å². The summed E-state index contributed by atoms with van der Waals surface area (Å²) < 4.78 is 0. The fourth-order valence-corrected chi connectivity index (χ4v) is 0.0383. The highest BCUT2D eigenvalue weighted by Crippen LogP contribution is 1.61. The third-order valence-corrected chi connectivity index (χ3v) is 0.126. The molecule has 0 fully saturated rings. The van der Waals surface area contributed by atoms with Gasteiger partial charge < -0.3 is 0 Å². The maximum absolute atomic E-state index is 9.01. The van der Waals surface area contributed by atoms with Crippen molar-refractivity contribution in [3.8, 4) is 0 Å². The minimum atomic E-state index is 1.02. The SMILES string of the molecule is [N-]=[N+]=NN=C=O. The molecular formula is CN4O. The fraction of sp³-hybridized carbons (Fsp3) is 0. The van der Waals surface area contributed by atoms with Gasteiger partial charge in [0.15, 0.2) is 0 Å². The highest BCUT2D eigenvalue weighted by atomic mass is 16.1. The second kappa shape index (κ2) is 3.69. The van der Waals surface area contributed by atoms with Crippen LogP contribution in [0.5, 0.6) is 0 Å². The van der Waals surface area contributed by atoms with E-state index < -0.39 is 0 Å². The number of isocyanates is 1. The Morgan fingerprint density at radius 1 is 1.83 bits per heavy atom. The predicted molar refractivity (Wildman–Crippen MR) is 17.3 cm³/mol. The molecule has 0 aromatic heterocycles. The summed E-state index contributed by atoms with van der Waals surface area (Å²) in [5.41, 5.74) is 7.38. The highest BCUT2D eigenvalue weighted by molar-refractivity contribution is 5.32.